The minimum Gasteiger partial charge on any atom is -0.381 e. The molecule has 0 spiro atoms. The van der Waals surface area contributed by atoms with E-state index in [4.69, 9.17) is 14.2 Å². The normalized spacial score (nSPS) is 18.2. The summed E-state index contributed by atoms with van der Waals surface area (Å²) < 4.78 is 17.7. The van der Waals surface area contributed by atoms with Crippen molar-refractivity contribution in [1.29, 1.82) is 0 Å². The SMILES string of the molecule is CCCCCCCCCCCCCCCCCCOCC1CC(COCCCCCCC)CO1. The van der Waals surface area contributed by atoms with Gasteiger partial charge in [0.25, 0.3) is 0 Å². The molecule has 1 heterocycles. The molecule has 2 atom stereocenters. The van der Waals surface area contributed by atoms with Gasteiger partial charge in [-0.1, -0.05) is 136 Å². The van der Waals surface area contributed by atoms with Gasteiger partial charge >= 0.3 is 0 Å². The van der Waals surface area contributed by atoms with E-state index in [1.54, 1.807) is 0 Å². The molecule has 1 saturated heterocycles. The number of hydrogen-bond acceptors (Lipinski definition) is 3. The van der Waals surface area contributed by atoms with Gasteiger partial charge in [0.2, 0.25) is 0 Å². The molecule has 0 aromatic heterocycles. The molecule has 0 saturated carbocycles. The Morgan fingerprint density at radius 3 is 1.32 bits per heavy atom. The van der Waals surface area contributed by atoms with Gasteiger partial charge in [0, 0.05) is 19.1 Å². The highest BCUT2D eigenvalue weighted by Gasteiger charge is 2.25. The molecule has 0 aromatic carbocycles. The molecule has 1 aliphatic heterocycles. The van der Waals surface area contributed by atoms with Crippen LogP contribution in [0, 0.1) is 5.92 Å². The van der Waals surface area contributed by atoms with Crippen LogP contribution in [-0.4, -0.2) is 39.1 Å². The first-order chi connectivity index (χ1) is 16.9. The largest absolute Gasteiger partial charge is 0.381 e. The second kappa shape index (κ2) is 26.0. The highest BCUT2D eigenvalue weighted by molar-refractivity contribution is 4.73. The fourth-order valence-corrected chi connectivity index (χ4v) is 5.04. The molecule has 1 rings (SSSR count). The lowest BCUT2D eigenvalue weighted by Gasteiger charge is -2.11. The Balaban J connectivity index is 1.73. The molecule has 3 nitrogen and oxygen atoms in total. The second-order valence-corrected chi connectivity index (χ2v) is 10.9. The zero-order valence-electron chi connectivity index (χ0n) is 23.5. The summed E-state index contributed by atoms with van der Waals surface area (Å²) >= 11 is 0. The van der Waals surface area contributed by atoms with Gasteiger partial charge in [0.1, 0.15) is 0 Å². The Morgan fingerprint density at radius 2 is 0.882 bits per heavy atom. The fourth-order valence-electron chi connectivity index (χ4n) is 5.04. The van der Waals surface area contributed by atoms with E-state index < -0.39 is 0 Å². The van der Waals surface area contributed by atoms with Crippen LogP contribution in [0.5, 0.6) is 0 Å². The van der Waals surface area contributed by atoms with Gasteiger partial charge in [-0.15, -0.1) is 0 Å². The van der Waals surface area contributed by atoms with Gasteiger partial charge in [-0.05, 0) is 19.3 Å². The minimum atomic E-state index is 0.291. The smallest absolute Gasteiger partial charge is 0.0813 e. The number of rotatable bonds is 27. The van der Waals surface area contributed by atoms with Crippen LogP contribution in [0.4, 0.5) is 0 Å². The fraction of sp³-hybridized carbons (Fsp3) is 1.00. The number of ether oxygens (including phenoxy) is 3. The monoisotopic (exact) mass is 482 g/mol. The molecule has 0 amide bonds. The van der Waals surface area contributed by atoms with Crippen molar-refractivity contribution in [1.82, 2.24) is 0 Å². The van der Waals surface area contributed by atoms with Gasteiger partial charge in [-0.25, -0.2) is 0 Å². The Labute approximate surface area is 214 Å². The van der Waals surface area contributed by atoms with E-state index in [-0.39, 0.29) is 0 Å². The molecule has 1 aliphatic rings. The van der Waals surface area contributed by atoms with Gasteiger partial charge in [-0.2, -0.15) is 0 Å². The molecule has 0 radical (unpaired) electrons. The summed E-state index contributed by atoms with van der Waals surface area (Å²) in [6.45, 7) is 8.86. The van der Waals surface area contributed by atoms with E-state index in [0.29, 0.717) is 12.0 Å². The van der Waals surface area contributed by atoms with Gasteiger partial charge in [0.15, 0.2) is 0 Å². The van der Waals surface area contributed by atoms with E-state index in [9.17, 15) is 0 Å². The molecule has 3 heteroatoms. The van der Waals surface area contributed by atoms with Crippen molar-refractivity contribution in [2.24, 2.45) is 5.92 Å². The Kier molecular flexibility index (Phi) is 24.4. The molecule has 204 valence electrons. The van der Waals surface area contributed by atoms with Gasteiger partial charge in [-0.3, -0.25) is 0 Å². The Bertz CT molecular complexity index is 387. The first-order valence-electron chi connectivity index (χ1n) is 15.6. The molecule has 0 aromatic rings. The van der Waals surface area contributed by atoms with E-state index in [2.05, 4.69) is 13.8 Å². The zero-order valence-corrected chi connectivity index (χ0v) is 23.5. The molecule has 1 fully saturated rings. The summed E-state index contributed by atoms with van der Waals surface area (Å²) in [5.74, 6) is 0.569. The highest BCUT2D eigenvalue weighted by atomic mass is 16.5. The third-order valence-corrected chi connectivity index (χ3v) is 7.36. The van der Waals surface area contributed by atoms with E-state index in [1.807, 2.05) is 0 Å². The summed E-state index contributed by atoms with van der Waals surface area (Å²) in [5, 5.41) is 0. The Hall–Kier alpha value is -0.120. The summed E-state index contributed by atoms with van der Waals surface area (Å²) in [5.41, 5.74) is 0. The third kappa shape index (κ3) is 21.2. The number of unbranched alkanes of at least 4 members (excludes halogenated alkanes) is 19. The lowest BCUT2D eigenvalue weighted by Crippen LogP contribution is -2.15. The maximum Gasteiger partial charge on any atom is 0.0813 e. The van der Waals surface area contributed by atoms with Crippen LogP contribution in [0.25, 0.3) is 0 Å². The molecular weight excluding hydrogens is 420 g/mol. The molecular formula is C31H62O3. The Morgan fingerprint density at radius 1 is 0.500 bits per heavy atom. The average Bonchev–Trinajstić information content (AvgIpc) is 3.30. The van der Waals surface area contributed by atoms with Crippen LogP contribution in [0.3, 0.4) is 0 Å². The number of hydrogen-bond donors (Lipinski definition) is 0. The molecule has 0 bridgehead atoms. The van der Waals surface area contributed by atoms with E-state index >= 15 is 0 Å². The summed E-state index contributed by atoms with van der Waals surface area (Å²) in [6.07, 6.45) is 30.6. The van der Waals surface area contributed by atoms with Crippen molar-refractivity contribution in [2.45, 2.75) is 161 Å². The standard InChI is InChI=1S/C31H62O3/c1-3-5-7-9-10-11-12-13-14-15-16-17-18-19-21-23-25-33-29-31-26-30(28-34-31)27-32-24-22-20-8-6-4-2/h30-31H,3-29H2,1-2H3. The lowest BCUT2D eigenvalue weighted by atomic mass is 10.0. The second-order valence-electron chi connectivity index (χ2n) is 10.9. The first kappa shape index (κ1) is 31.9. The van der Waals surface area contributed by atoms with Crippen LogP contribution in [-0.2, 0) is 14.2 Å². The topological polar surface area (TPSA) is 27.7 Å². The summed E-state index contributed by atoms with van der Waals surface area (Å²) in [6, 6.07) is 0. The van der Waals surface area contributed by atoms with Crippen LogP contribution >= 0.6 is 0 Å². The molecule has 34 heavy (non-hydrogen) atoms. The lowest BCUT2D eigenvalue weighted by molar-refractivity contribution is 0.0141. The average molecular weight is 483 g/mol. The maximum absolute atomic E-state index is 5.90. The van der Waals surface area contributed by atoms with Crippen molar-refractivity contribution >= 4 is 0 Å². The molecule has 0 N–H and O–H groups in total. The summed E-state index contributed by atoms with van der Waals surface area (Å²) in [7, 11) is 0. The summed E-state index contributed by atoms with van der Waals surface area (Å²) in [4.78, 5) is 0. The molecule has 0 aliphatic carbocycles. The van der Waals surface area contributed by atoms with Crippen molar-refractivity contribution in [3.8, 4) is 0 Å². The van der Waals surface area contributed by atoms with Crippen LogP contribution in [0.15, 0.2) is 0 Å². The van der Waals surface area contributed by atoms with E-state index in [0.717, 1.165) is 39.5 Å². The van der Waals surface area contributed by atoms with Crippen molar-refractivity contribution < 1.29 is 14.2 Å². The van der Waals surface area contributed by atoms with Crippen LogP contribution in [0.2, 0.25) is 0 Å². The van der Waals surface area contributed by atoms with E-state index in [1.165, 1.54) is 135 Å². The minimum absolute atomic E-state index is 0.291. The maximum atomic E-state index is 5.90. The molecule has 2 unspecified atom stereocenters. The van der Waals surface area contributed by atoms with Crippen LogP contribution in [0.1, 0.15) is 155 Å². The predicted octanol–water partition coefficient (Wildman–Crippen LogP) is 9.66. The van der Waals surface area contributed by atoms with Crippen LogP contribution < -0.4 is 0 Å². The predicted molar refractivity (Wildman–Crippen MR) is 148 cm³/mol. The van der Waals surface area contributed by atoms with Crippen molar-refractivity contribution in [3.05, 3.63) is 0 Å². The third-order valence-electron chi connectivity index (χ3n) is 7.36. The van der Waals surface area contributed by atoms with Gasteiger partial charge < -0.3 is 14.2 Å². The van der Waals surface area contributed by atoms with Crippen molar-refractivity contribution in [2.75, 3.05) is 33.0 Å². The quantitative estimate of drug-likeness (QED) is 0.109. The van der Waals surface area contributed by atoms with Crippen molar-refractivity contribution in [3.63, 3.8) is 0 Å². The van der Waals surface area contributed by atoms with Gasteiger partial charge in [0.05, 0.1) is 25.9 Å². The first-order valence-corrected chi connectivity index (χ1v) is 15.6. The highest BCUT2D eigenvalue weighted by Crippen LogP contribution is 2.20. The zero-order chi connectivity index (χ0) is 24.4.